The third-order valence-electron chi connectivity index (χ3n) is 4.75. The van der Waals surface area contributed by atoms with Gasteiger partial charge in [-0.1, -0.05) is 24.8 Å². The molecule has 0 radical (unpaired) electrons. The van der Waals surface area contributed by atoms with Crippen LogP contribution in [0.5, 0.6) is 0 Å². The molecule has 2 aromatic rings. The van der Waals surface area contributed by atoms with E-state index in [9.17, 15) is 18.0 Å². The van der Waals surface area contributed by atoms with Crippen LogP contribution in [0.1, 0.15) is 12.5 Å². The molecule has 0 saturated carbocycles. The van der Waals surface area contributed by atoms with Gasteiger partial charge in [0.25, 0.3) is 0 Å². The van der Waals surface area contributed by atoms with E-state index in [1.807, 2.05) is 11.0 Å². The fourth-order valence-corrected chi connectivity index (χ4v) is 3.81. The average Bonchev–Trinajstić information content (AvgIpc) is 2.72. The zero-order chi connectivity index (χ0) is 20.9. The molecular formula is C20H23F3N4OS. The summed E-state index contributed by atoms with van der Waals surface area (Å²) in [4.78, 5) is 20.8. The maximum atomic E-state index is 13.2. The highest BCUT2D eigenvalue weighted by atomic mass is 32.2. The van der Waals surface area contributed by atoms with Crippen molar-refractivity contribution in [3.63, 3.8) is 0 Å². The number of halogens is 3. The summed E-state index contributed by atoms with van der Waals surface area (Å²) in [5.74, 6) is -0.301. The first kappa shape index (κ1) is 21.4. The molecule has 1 aliphatic heterocycles. The van der Waals surface area contributed by atoms with Gasteiger partial charge in [-0.2, -0.15) is 13.2 Å². The number of thioether (sulfide) groups is 1. The van der Waals surface area contributed by atoms with E-state index in [4.69, 9.17) is 0 Å². The van der Waals surface area contributed by atoms with Gasteiger partial charge in [0.1, 0.15) is 0 Å². The highest BCUT2D eigenvalue weighted by Gasteiger charge is 2.32. The minimum atomic E-state index is -4.47. The quantitative estimate of drug-likeness (QED) is 0.711. The predicted molar refractivity (Wildman–Crippen MR) is 109 cm³/mol. The molecule has 0 spiro atoms. The largest absolute Gasteiger partial charge is 0.416 e. The van der Waals surface area contributed by atoms with E-state index >= 15 is 0 Å². The second-order valence-electron chi connectivity index (χ2n) is 6.66. The Morgan fingerprint density at radius 1 is 1.17 bits per heavy atom. The Balaban J connectivity index is 1.75. The van der Waals surface area contributed by atoms with Crippen molar-refractivity contribution < 1.29 is 18.0 Å². The SMILES string of the molecule is CCN1CCN(c2ccc(C(F)(F)F)cc2NC(=O)CSc2ccccn2)CC1. The minimum Gasteiger partial charge on any atom is -0.367 e. The number of carbonyl (C=O) groups excluding carboxylic acids is 1. The molecule has 1 amide bonds. The lowest BCUT2D eigenvalue weighted by Crippen LogP contribution is -2.46. The Bertz CT molecular complexity index is 824. The van der Waals surface area contributed by atoms with Gasteiger partial charge in [-0.15, -0.1) is 0 Å². The third kappa shape index (κ3) is 5.86. The van der Waals surface area contributed by atoms with Crippen LogP contribution in [-0.4, -0.2) is 54.3 Å². The molecule has 156 valence electrons. The van der Waals surface area contributed by atoms with Gasteiger partial charge in [0.2, 0.25) is 5.91 Å². The molecule has 1 aliphatic rings. The van der Waals surface area contributed by atoms with E-state index in [1.165, 1.54) is 17.8 Å². The molecule has 1 saturated heterocycles. The van der Waals surface area contributed by atoms with Crippen molar-refractivity contribution in [2.24, 2.45) is 0 Å². The first-order valence-corrected chi connectivity index (χ1v) is 10.4. The summed E-state index contributed by atoms with van der Waals surface area (Å²) >= 11 is 1.24. The van der Waals surface area contributed by atoms with E-state index < -0.39 is 11.7 Å². The van der Waals surface area contributed by atoms with E-state index in [-0.39, 0.29) is 17.3 Å². The lowest BCUT2D eigenvalue weighted by Gasteiger charge is -2.36. The number of hydrogen-bond donors (Lipinski definition) is 1. The maximum Gasteiger partial charge on any atom is 0.416 e. The molecule has 2 heterocycles. The van der Waals surface area contributed by atoms with Gasteiger partial charge in [-0.3, -0.25) is 4.79 Å². The van der Waals surface area contributed by atoms with Gasteiger partial charge in [-0.05, 0) is 36.9 Å². The average molecular weight is 424 g/mol. The van der Waals surface area contributed by atoms with Crippen molar-refractivity contribution in [1.29, 1.82) is 0 Å². The van der Waals surface area contributed by atoms with Crippen LogP contribution >= 0.6 is 11.8 Å². The Labute approximate surface area is 172 Å². The number of likely N-dealkylation sites (N-methyl/N-ethyl adjacent to an activating group) is 1. The van der Waals surface area contributed by atoms with Crippen molar-refractivity contribution in [1.82, 2.24) is 9.88 Å². The van der Waals surface area contributed by atoms with Gasteiger partial charge in [0.15, 0.2) is 0 Å². The minimum absolute atomic E-state index is 0.0658. The lowest BCUT2D eigenvalue weighted by atomic mass is 10.1. The number of rotatable bonds is 6. The van der Waals surface area contributed by atoms with Crippen LogP contribution in [0.4, 0.5) is 24.5 Å². The van der Waals surface area contributed by atoms with Crippen molar-refractivity contribution in [3.8, 4) is 0 Å². The molecule has 1 N–H and O–H groups in total. The number of benzene rings is 1. The molecule has 0 aliphatic carbocycles. The van der Waals surface area contributed by atoms with E-state index in [0.717, 1.165) is 31.8 Å². The Morgan fingerprint density at radius 3 is 2.55 bits per heavy atom. The zero-order valence-corrected chi connectivity index (χ0v) is 16.9. The maximum absolute atomic E-state index is 13.2. The van der Waals surface area contributed by atoms with Crippen LogP contribution in [0.3, 0.4) is 0 Å². The number of carbonyl (C=O) groups is 1. The normalized spacial score (nSPS) is 15.4. The van der Waals surface area contributed by atoms with Crippen molar-refractivity contribution >= 4 is 29.0 Å². The highest BCUT2D eigenvalue weighted by Crippen LogP contribution is 2.36. The molecule has 0 atom stereocenters. The molecule has 0 bridgehead atoms. The molecule has 5 nitrogen and oxygen atoms in total. The smallest absolute Gasteiger partial charge is 0.367 e. The number of nitrogens with zero attached hydrogens (tertiary/aromatic N) is 3. The third-order valence-corrected chi connectivity index (χ3v) is 5.69. The molecule has 0 unspecified atom stereocenters. The van der Waals surface area contributed by atoms with Crippen molar-refractivity contribution in [2.45, 2.75) is 18.1 Å². The number of hydrogen-bond acceptors (Lipinski definition) is 5. The Kier molecular flexibility index (Phi) is 7.02. The number of aromatic nitrogens is 1. The molecule has 9 heteroatoms. The summed E-state index contributed by atoms with van der Waals surface area (Å²) in [6, 6.07) is 8.91. The number of anilines is 2. The van der Waals surface area contributed by atoms with E-state index in [2.05, 4.69) is 22.1 Å². The van der Waals surface area contributed by atoms with Crippen LogP contribution in [0.15, 0.2) is 47.6 Å². The van der Waals surface area contributed by atoms with Gasteiger partial charge < -0.3 is 15.1 Å². The lowest BCUT2D eigenvalue weighted by molar-refractivity contribution is -0.137. The number of nitrogens with one attached hydrogen (secondary N) is 1. The fraction of sp³-hybridized carbons (Fsp3) is 0.400. The summed E-state index contributed by atoms with van der Waals surface area (Å²) in [5.41, 5.74) is 0.0301. The molecular weight excluding hydrogens is 401 g/mol. The van der Waals surface area contributed by atoms with E-state index in [1.54, 1.807) is 18.3 Å². The van der Waals surface area contributed by atoms with Crippen LogP contribution < -0.4 is 10.2 Å². The summed E-state index contributed by atoms with van der Waals surface area (Å²) < 4.78 is 39.6. The standard InChI is InChI=1S/C20H23F3N4OS/c1-2-26-9-11-27(12-10-26)17-7-6-15(20(21,22)23)13-16(17)25-18(28)14-29-19-5-3-4-8-24-19/h3-8,13H,2,9-12,14H2,1H3,(H,25,28). The number of pyridine rings is 1. The number of amides is 1. The Hall–Kier alpha value is -2.26. The first-order valence-electron chi connectivity index (χ1n) is 9.39. The second kappa shape index (κ2) is 9.49. The summed E-state index contributed by atoms with van der Waals surface area (Å²) in [5, 5.41) is 3.36. The van der Waals surface area contributed by atoms with Crippen LogP contribution in [0.25, 0.3) is 0 Å². The summed E-state index contributed by atoms with van der Waals surface area (Å²) in [7, 11) is 0. The van der Waals surface area contributed by atoms with Gasteiger partial charge in [0, 0.05) is 32.4 Å². The van der Waals surface area contributed by atoms with Crippen molar-refractivity contribution in [3.05, 3.63) is 48.2 Å². The van der Waals surface area contributed by atoms with E-state index in [0.29, 0.717) is 23.8 Å². The van der Waals surface area contributed by atoms with Gasteiger partial charge in [0.05, 0.1) is 27.7 Å². The fourth-order valence-electron chi connectivity index (χ4n) is 3.15. The monoisotopic (exact) mass is 424 g/mol. The summed E-state index contributed by atoms with van der Waals surface area (Å²) in [6.07, 6.45) is -2.84. The second-order valence-corrected chi connectivity index (χ2v) is 7.65. The number of piperazine rings is 1. The highest BCUT2D eigenvalue weighted by molar-refractivity contribution is 7.99. The van der Waals surface area contributed by atoms with Gasteiger partial charge in [-0.25, -0.2) is 4.98 Å². The molecule has 1 fully saturated rings. The first-order chi connectivity index (χ1) is 13.9. The number of alkyl halides is 3. The van der Waals surface area contributed by atoms with Crippen molar-refractivity contribution in [2.75, 3.05) is 48.7 Å². The zero-order valence-electron chi connectivity index (χ0n) is 16.1. The molecule has 29 heavy (non-hydrogen) atoms. The Morgan fingerprint density at radius 2 is 1.93 bits per heavy atom. The molecule has 1 aromatic carbocycles. The predicted octanol–water partition coefficient (Wildman–Crippen LogP) is 3.97. The van der Waals surface area contributed by atoms with Crippen LogP contribution in [0, 0.1) is 0 Å². The molecule has 3 rings (SSSR count). The van der Waals surface area contributed by atoms with Crippen LogP contribution in [0.2, 0.25) is 0 Å². The summed E-state index contributed by atoms with van der Waals surface area (Å²) in [6.45, 7) is 6.09. The molecule has 1 aromatic heterocycles. The van der Waals surface area contributed by atoms with Crippen LogP contribution in [-0.2, 0) is 11.0 Å². The topological polar surface area (TPSA) is 48.5 Å². The van der Waals surface area contributed by atoms with Gasteiger partial charge >= 0.3 is 6.18 Å².